The first-order valence-electron chi connectivity index (χ1n) is 23.1. The van der Waals surface area contributed by atoms with Crippen molar-refractivity contribution in [2.45, 2.75) is 5.41 Å². The first-order valence-corrected chi connectivity index (χ1v) is 23.1. The standard InChI is InChI=1S/C65H43NO/c1-4-16-44(17-5-1)45-30-32-46(33-31-45)47-34-37-52(38-35-47)66(53-24-14-19-49(42-53)55-27-15-29-62-63(55)59-40-36-48-18-10-11-25-56(48)64(59)67-62)54-39-41-58-57-26-12-13-28-60(57)65(61(58)43-54,50-20-6-2-7-21-50)51-22-8-3-9-23-51/h1-43H. The lowest BCUT2D eigenvalue weighted by Gasteiger charge is -2.35. The number of anilines is 3. The Bertz CT molecular complexity index is 3740. The Balaban J connectivity index is 0.997. The van der Waals surface area contributed by atoms with Crippen LogP contribution in [0.1, 0.15) is 22.3 Å². The summed E-state index contributed by atoms with van der Waals surface area (Å²) >= 11 is 0. The maximum absolute atomic E-state index is 6.67. The fourth-order valence-corrected chi connectivity index (χ4v) is 10.9. The number of rotatable bonds is 8. The second kappa shape index (κ2) is 15.8. The van der Waals surface area contributed by atoms with Gasteiger partial charge in [0.05, 0.1) is 5.41 Å². The third kappa shape index (κ3) is 6.26. The van der Waals surface area contributed by atoms with Crippen molar-refractivity contribution in [3.8, 4) is 44.5 Å². The fraction of sp³-hybridized carbons (Fsp3) is 0.0154. The molecular weight excluding hydrogens is 811 g/mol. The lowest BCUT2D eigenvalue weighted by molar-refractivity contribution is 0.673. The normalized spacial score (nSPS) is 12.6. The highest BCUT2D eigenvalue weighted by Gasteiger charge is 2.46. The van der Waals surface area contributed by atoms with E-state index in [0.717, 1.165) is 55.5 Å². The van der Waals surface area contributed by atoms with E-state index >= 15 is 0 Å². The minimum Gasteiger partial charge on any atom is -0.455 e. The Kier molecular flexibility index (Phi) is 9.11. The molecule has 314 valence electrons. The lowest BCUT2D eigenvalue weighted by Crippen LogP contribution is -2.28. The van der Waals surface area contributed by atoms with Crippen LogP contribution >= 0.6 is 0 Å². The molecule has 2 nitrogen and oxygen atoms in total. The summed E-state index contributed by atoms with van der Waals surface area (Å²) in [6.45, 7) is 0. The zero-order chi connectivity index (χ0) is 44.3. The van der Waals surface area contributed by atoms with Crippen LogP contribution in [0.25, 0.3) is 77.2 Å². The molecule has 2 heteroatoms. The summed E-state index contributed by atoms with van der Waals surface area (Å²) in [7, 11) is 0. The third-order valence-corrected chi connectivity index (χ3v) is 14.0. The van der Waals surface area contributed by atoms with Crippen molar-refractivity contribution in [1.29, 1.82) is 0 Å². The summed E-state index contributed by atoms with van der Waals surface area (Å²) in [5, 5.41) is 4.54. The van der Waals surface area contributed by atoms with E-state index in [1.165, 1.54) is 61.0 Å². The van der Waals surface area contributed by atoms with E-state index in [1.807, 2.05) is 0 Å². The van der Waals surface area contributed by atoms with Crippen LogP contribution in [-0.4, -0.2) is 0 Å². The van der Waals surface area contributed by atoms with Crippen molar-refractivity contribution in [3.05, 3.63) is 283 Å². The van der Waals surface area contributed by atoms with E-state index in [2.05, 4.69) is 266 Å². The van der Waals surface area contributed by atoms with Gasteiger partial charge >= 0.3 is 0 Å². The number of hydrogen-bond acceptors (Lipinski definition) is 2. The number of hydrogen-bond donors (Lipinski definition) is 0. The summed E-state index contributed by atoms with van der Waals surface area (Å²) in [6.07, 6.45) is 0. The van der Waals surface area contributed by atoms with Gasteiger partial charge in [-0.05, 0) is 121 Å². The van der Waals surface area contributed by atoms with E-state index in [9.17, 15) is 0 Å². The van der Waals surface area contributed by atoms with Gasteiger partial charge in [0.1, 0.15) is 11.2 Å². The molecule has 0 spiro atoms. The number of nitrogens with zero attached hydrogens (tertiary/aromatic N) is 1. The van der Waals surface area contributed by atoms with Gasteiger partial charge in [-0.1, -0.05) is 212 Å². The molecule has 1 heterocycles. The molecular formula is C65H43NO. The fourth-order valence-electron chi connectivity index (χ4n) is 10.9. The molecule has 11 aromatic carbocycles. The highest BCUT2D eigenvalue weighted by Crippen LogP contribution is 2.57. The van der Waals surface area contributed by atoms with E-state index in [4.69, 9.17) is 4.42 Å². The molecule has 67 heavy (non-hydrogen) atoms. The molecule has 0 fully saturated rings. The van der Waals surface area contributed by atoms with E-state index in [-0.39, 0.29) is 0 Å². The minimum absolute atomic E-state index is 0.532. The molecule has 0 bridgehead atoms. The largest absolute Gasteiger partial charge is 0.455 e. The summed E-state index contributed by atoms with van der Waals surface area (Å²) in [5.41, 5.74) is 19.1. The van der Waals surface area contributed by atoms with Gasteiger partial charge in [0.2, 0.25) is 0 Å². The number of benzene rings is 11. The van der Waals surface area contributed by atoms with Gasteiger partial charge in [0.25, 0.3) is 0 Å². The first kappa shape index (κ1) is 38.7. The molecule has 0 saturated carbocycles. The molecule has 0 saturated heterocycles. The molecule has 0 amide bonds. The number of furan rings is 1. The summed E-state index contributed by atoms with van der Waals surface area (Å²) in [5.74, 6) is 0. The van der Waals surface area contributed by atoms with Gasteiger partial charge in [0, 0.05) is 33.2 Å². The van der Waals surface area contributed by atoms with Crippen LogP contribution in [0.2, 0.25) is 0 Å². The monoisotopic (exact) mass is 853 g/mol. The molecule has 1 aromatic heterocycles. The van der Waals surface area contributed by atoms with Crippen LogP contribution in [0.4, 0.5) is 17.1 Å². The Morgan fingerprint density at radius 2 is 0.851 bits per heavy atom. The summed E-state index contributed by atoms with van der Waals surface area (Å²) in [6, 6.07) is 95.0. The second-order valence-electron chi connectivity index (χ2n) is 17.6. The average Bonchev–Trinajstić information content (AvgIpc) is 3.94. The van der Waals surface area contributed by atoms with Crippen LogP contribution in [0.15, 0.2) is 265 Å². The molecule has 0 N–H and O–H groups in total. The Morgan fingerprint density at radius 1 is 0.313 bits per heavy atom. The van der Waals surface area contributed by atoms with E-state index in [1.54, 1.807) is 0 Å². The molecule has 0 unspecified atom stereocenters. The van der Waals surface area contributed by atoms with Crippen molar-refractivity contribution in [2.24, 2.45) is 0 Å². The first-order chi connectivity index (χ1) is 33.2. The molecule has 12 aromatic rings. The Morgan fingerprint density at radius 3 is 1.58 bits per heavy atom. The summed E-state index contributed by atoms with van der Waals surface area (Å²) in [4.78, 5) is 2.43. The van der Waals surface area contributed by atoms with Crippen molar-refractivity contribution < 1.29 is 4.42 Å². The molecule has 0 atom stereocenters. The van der Waals surface area contributed by atoms with Crippen molar-refractivity contribution in [2.75, 3.05) is 4.90 Å². The Labute approximate surface area is 390 Å². The zero-order valence-corrected chi connectivity index (χ0v) is 36.7. The van der Waals surface area contributed by atoms with Crippen LogP contribution < -0.4 is 4.90 Å². The number of fused-ring (bicyclic) bond motifs is 8. The van der Waals surface area contributed by atoms with Crippen molar-refractivity contribution in [3.63, 3.8) is 0 Å². The van der Waals surface area contributed by atoms with Gasteiger partial charge in [-0.2, -0.15) is 0 Å². The quantitative estimate of drug-likeness (QED) is 0.151. The van der Waals surface area contributed by atoms with Gasteiger partial charge in [-0.15, -0.1) is 0 Å². The molecule has 13 rings (SSSR count). The van der Waals surface area contributed by atoms with Crippen molar-refractivity contribution in [1.82, 2.24) is 0 Å². The van der Waals surface area contributed by atoms with Crippen LogP contribution in [-0.2, 0) is 5.41 Å². The maximum Gasteiger partial charge on any atom is 0.143 e. The van der Waals surface area contributed by atoms with Crippen LogP contribution in [0, 0.1) is 0 Å². The predicted molar refractivity (Wildman–Crippen MR) is 280 cm³/mol. The Hall–Kier alpha value is -8.72. The van der Waals surface area contributed by atoms with Crippen LogP contribution in [0.5, 0.6) is 0 Å². The molecule has 0 aliphatic heterocycles. The maximum atomic E-state index is 6.67. The van der Waals surface area contributed by atoms with Crippen LogP contribution in [0.3, 0.4) is 0 Å². The molecule has 0 radical (unpaired) electrons. The topological polar surface area (TPSA) is 16.4 Å². The van der Waals surface area contributed by atoms with E-state index < -0.39 is 5.41 Å². The molecule has 1 aliphatic rings. The van der Waals surface area contributed by atoms with Gasteiger partial charge in [0.15, 0.2) is 0 Å². The average molecular weight is 854 g/mol. The van der Waals surface area contributed by atoms with Gasteiger partial charge in [-0.3, -0.25) is 0 Å². The SMILES string of the molecule is c1ccc(-c2ccc(-c3ccc(N(c4cccc(-c5cccc6oc7c8ccccc8ccc7c56)c4)c4ccc5c(c4)C(c4ccccc4)(c4ccccc4)c4ccccc4-5)cc3)cc2)cc1. The predicted octanol–water partition coefficient (Wildman–Crippen LogP) is 17.6. The summed E-state index contributed by atoms with van der Waals surface area (Å²) < 4.78 is 6.67. The van der Waals surface area contributed by atoms with Gasteiger partial charge in [-0.25, -0.2) is 0 Å². The second-order valence-corrected chi connectivity index (χ2v) is 17.6. The molecule has 1 aliphatic carbocycles. The zero-order valence-electron chi connectivity index (χ0n) is 36.7. The highest BCUT2D eigenvalue weighted by molar-refractivity contribution is 6.19. The minimum atomic E-state index is -0.532. The smallest absolute Gasteiger partial charge is 0.143 e. The lowest BCUT2D eigenvalue weighted by atomic mass is 9.67. The van der Waals surface area contributed by atoms with E-state index in [0.29, 0.717) is 0 Å². The highest BCUT2D eigenvalue weighted by atomic mass is 16.3. The van der Waals surface area contributed by atoms with Crippen molar-refractivity contribution >= 4 is 49.8 Å². The third-order valence-electron chi connectivity index (χ3n) is 14.0. The van der Waals surface area contributed by atoms with Gasteiger partial charge < -0.3 is 9.32 Å².